The van der Waals surface area contributed by atoms with Gasteiger partial charge < -0.3 is 25.5 Å². The third kappa shape index (κ3) is 6.13. The van der Waals surface area contributed by atoms with Crippen LogP contribution in [0.1, 0.15) is 45.8 Å². The molecule has 4 aromatic rings. The number of aryl methyl sites for hydroxylation is 1. The van der Waals surface area contributed by atoms with Crippen LogP contribution in [0.15, 0.2) is 82.5 Å². The van der Waals surface area contributed by atoms with Gasteiger partial charge in [-0.3, -0.25) is 33.9 Å². The summed E-state index contributed by atoms with van der Waals surface area (Å²) in [5.74, 6) is -0.982. The maximum absolute atomic E-state index is 13.4. The minimum Gasteiger partial charge on any atom is -0.505 e. The molecule has 4 N–H and O–H groups in total. The minimum atomic E-state index is -0.533. The quantitative estimate of drug-likeness (QED) is 0.231. The zero-order chi connectivity index (χ0) is 30.5. The summed E-state index contributed by atoms with van der Waals surface area (Å²) in [6.45, 7) is 3.14. The molecule has 1 aliphatic heterocycles. The molecule has 12 heteroatoms. The highest BCUT2D eigenvalue weighted by atomic mass is 16.3. The summed E-state index contributed by atoms with van der Waals surface area (Å²) in [6.07, 6.45) is 2.19. The van der Waals surface area contributed by atoms with E-state index in [4.69, 9.17) is 0 Å². The topological polar surface area (TPSA) is 153 Å². The molecular formula is C31H33N7O5. The van der Waals surface area contributed by atoms with Gasteiger partial charge >= 0.3 is 0 Å². The summed E-state index contributed by atoms with van der Waals surface area (Å²) < 4.78 is 1.05. The lowest BCUT2D eigenvalue weighted by molar-refractivity contribution is 0.0530. The van der Waals surface area contributed by atoms with E-state index >= 15 is 0 Å². The summed E-state index contributed by atoms with van der Waals surface area (Å²) >= 11 is 0. The highest BCUT2D eigenvalue weighted by Crippen LogP contribution is 2.33. The molecule has 1 aliphatic rings. The fourth-order valence-corrected chi connectivity index (χ4v) is 5.07. The number of anilines is 3. The zero-order valence-electron chi connectivity index (χ0n) is 23.9. The van der Waals surface area contributed by atoms with Crippen molar-refractivity contribution in [2.75, 3.05) is 36.8 Å². The summed E-state index contributed by atoms with van der Waals surface area (Å²) in [5, 5.41) is 19.8. The molecule has 1 saturated heterocycles. The van der Waals surface area contributed by atoms with Crippen LogP contribution in [0.3, 0.4) is 0 Å². The number of hydrogen-bond acceptors (Lipinski definition) is 8. The first-order valence-corrected chi connectivity index (χ1v) is 14.0. The van der Waals surface area contributed by atoms with Gasteiger partial charge in [0.2, 0.25) is 0 Å². The number of carbonyl (C=O) groups excluding carboxylic acids is 2. The van der Waals surface area contributed by atoms with Gasteiger partial charge in [-0.1, -0.05) is 49.4 Å². The Hall–Kier alpha value is -5.39. The van der Waals surface area contributed by atoms with Crippen molar-refractivity contribution in [1.29, 1.82) is 0 Å². The van der Waals surface area contributed by atoms with Crippen molar-refractivity contribution in [3.8, 4) is 5.75 Å². The molecule has 43 heavy (non-hydrogen) atoms. The number of nitrogens with zero attached hydrogens (tertiary/aromatic N) is 4. The Kier molecular flexibility index (Phi) is 8.56. The molecule has 1 fully saturated rings. The molecular weight excluding hydrogens is 550 g/mol. The van der Waals surface area contributed by atoms with Crippen LogP contribution in [0.4, 0.5) is 17.1 Å². The third-order valence-corrected chi connectivity index (χ3v) is 7.46. The van der Waals surface area contributed by atoms with Crippen LogP contribution in [0.5, 0.6) is 5.75 Å². The highest BCUT2D eigenvalue weighted by molar-refractivity contribution is 5.99. The van der Waals surface area contributed by atoms with Gasteiger partial charge in [0, 0.05) is 39.4 Å². The molecule has 2 aromatic carbocycles. The maximum atomic E-state index is 13.4. The van der Waals surface area contributed by atoms with E-state index in [1.807, 2.05) is 37.3 Å². The number of amides is 2. The van der Waals surface area contributed by atoms with E-state index < -0.39 is 17.0 Å². The van der Waals surface area contributed by atoms with E-state index in [0.29, 0.717) is 25.2 Å². The average molecular weight is 584 g/mol. The molecule has 2 aromatic heterocycles. The molecule has 0 saturated carbocycles. The third-order valence-electron chi connectivity index (χ3n) is 7.46. The predicted octanol–water partition coefficient (Wildman–Crippen LogP) is 3.08. The number of phenols is 1. The lowest BCUT2D eigenvalue weighted by Gasteiger charge is -2.34. The van der Waals surface area contributed by atoms with Crippen LogP contribution in [0.2, 0.25) is 0 Å². The lowest BCUT2D eigenvalue weighted by Crippen LogP contribution is -2.50. The first kappa shape index (κ1) is 29.1. The molecule has 222 valence electrons. The number of aromatic nitrogens is 3. The summed E-state index contributed by atoms with van der Waals surface area (Å²) in [6, 6.07) is 19.0. The highest BCUT2D eigenvalue weighted by Gasteiger charge is 2.28. The molecule has 0 bridgehead atoms. The smallest absolute Gasteiger partial charge is 0.290 e. The summed E-state index contributed by atoms with van der Waals surface area (Å²) in [4.78, 5) is 59.8. The predicted molar refractivity (Wildman–Crippen MR) is 163 cm³/mol. The number of para-hydroxylation sites is 1. The van der Waals surface area contributed by atoms with Crippen LogP contribution in [0.25, 0.3) is 0 Å². The number of pyridine rings is 1. The fraction of sp³-hybridized carbons (Fsp3) is 0.258. The van der Waals surface area contributed by atoms with Crippen LogP contribution in [0, 0.1) is 0 Å². The molecule has 2 amide bonds. The molecule has 1 atom stereocenters. The van der Waals surface area contributed by atoms with Gasteiger partial charge in [-0.05, 0) is 36.2 Å². The van der Waals surface area contributed by atoms with Crippen molar-refractivity contribution in [3.63, 3.8) is 0 Å². The fourth-order valence-electron chi connectivity index (χ4n) is 5.07. The minimum absolute atomic E-state index is 0.0172. The number of nitrogens with one attached hydrogen (secondary N) is 3. The Balaban J connectivity index is 1.37. The van der Waals surface area contributed by atoms with Crippen molar-refractivity contribution in [2.24, 2.45) is 7.05 Å². The molecule has 0 spiro atoms. The Morgan fingerprint density at radius 3 is 2.23 bits per heavy atom. The number of rotatable bonds is 8. The second kappa shape index (κ2) is 12.6. The molecule has 3 heterocycles. The number of aromatic amines is 1. The van der Waals surface area contributed by atoms with Crippen molar-refractivity contribution in [3.05, 3.63) is 110 Å². The van der Waals surface area contributed by atoms with E-state index in [9.17, 15) is 24.3 Å². The molecule has 12 nitrogen and oxygen atoms in total. The Bertz CT molecular complexity index is 1730. The Labute approximate surface area is 247 Å². The maximum Gasteiger partial charge on any atom is 0.290 e. The molecule has 0 aliphatic carbocycles. The zero-order valence-corrected chi connectivity index (χ0v) is 23.9. The van der Waals surface area contributed by atoms with Gasteiger partial charge in [0.05, 0.1) is 17.3 Å². The van der Waals surface area contributed by atoms with E-state index in [1.54, 1.807) is 40.3 Å². The SMILES string of the molecule is CC[C@@H](Nc1c(Nc2cccc(C(=O)N3CCN(C(=O)c4ccccn4)CC3)c2O)c(=O)n(C)[nH]c1=O)c1ccccc1. The van der Waals surface area contributed by atoms with Gasteiger partial charge in [-0.2, -0.15) is 0 Å². The number of carbonyl (C=O) groups is 2. The van der Waals surface area contributed by atoms with E-state index in [-0.39, 0.29) is 53.4 Å². The number of piperazine rings is 1. The second-order valence-electron chi connectivity index (χ2n) is 10.2. The van der Waals surface area contributed by atoms with Crippen LogP contribution >= 0.6 is 0 Å². The van der Waals surface area contributed by atoms with Gasteiger partial charge in [0.15, 0.2) is 5.75 Å². The van der Waals surface area contributed by atoms with E-state index in [1.165, 1.54) is 19.2 Å². The number of benzene rings is 2. The summed E-state index contributed by atoms with van der Waals surface area (Å²) in [7, 11) is 1.42. The normalized spacial score (nSPS) is 13.8. The largest absolute Gasteiger partial charge is 0.505 e. The number of aromatic hydroxyl groups is 1. The van der Waals surface area contributed by atoms with Crippen LogP contribution in [-0.2, 0) is 7.05 Å². The molecule has 0 radical (unpaired) electrons. The molecule has 0 unspecified atom stereocenters. The lowest BCUT2D eigenvalue weighted by atomic mass is 10.0. The Morgan fingerprint density at radius 1 is 0.907 bits per heavy atom. The van der Waals surface area contributed by atoms with Gasteiger partial charge in [0.1, 0.15) is 17.1 Å². The van der Waals surface area contributed by atoms with Gasteiger partial charge in [-0.15, -0.1) is 0 Å². The van der Waals surface area contributed by atoms with E-state index in [2.05, 4.69) is 20.7 Å². The monoisotopic (exact) mass is 583 g/mol. The first-order chi connectivity index (χ1) is 20.8. The molecule has 5 rings (SSSR count). The van der Waals surface area contributed by atoms with Crippen molar-refractivity contribution >= 4 is 28.9 Å². The van der Waals surface area contributed by atoms with Crippen molar-refractivity contribution in [1.82, 2.24) is 24.6 Å². The number of H-pyrrole nitrogens is 1. The van der Waals surface area contributed by atoms with Crippen molar-refractivity contribution < 1.29 is 14.7 Å². The Morgan fingerprint density at radius 2 is 1.58 bits per heavy atom. The summed E-state index contributed by atoms with van der Waals surface area (Å²) in [5.41, 5.74) is 0.292. The van der Waals surface area contributed by atoms with E-state index in [0.717, 1.165) is 10.2 Å². The average Bonchev–Trinajstić information content (AvgIpc) is 3.04. The number of hydrogen-bond donors (Lipinski definition) is 4. The van der Waals surface area contributed by atoms with Crippen molar-refractivity contribution in [2.45, 2.75) is 19.4 Å². The van der Waals surface area contributed by atoms with Gasteiger partial charge in [0.25, 0.3) is 22.9 Å². The second-order valence-corrected chi connectivity index (χ2v) is 10.2. The van der Waals surface area contributed by atoms with Gasteiger partial charge in [-0.25, -0.2) is 0 Å². The number of phenolic OH excluding ortho intramolecular Hbond substituents is 1. The first-order valence-electron chi connectivity index (χ1n) is 14.0. The standard InChI is InChI=1S/C31H33N7O5/c1-3-22(20-10-5-4-6-11-20)33-25-26(31(43)36(2)35-28(25)40)34-23-14-9-12-21(27(23)39)29(41)37-16-18-38(19-17-37)30(42)24-13-7-8-15-32-24/h4-15,22,33-34,39H,3,16-19H2,1-2H3,(H,35,40)/t22-/m1/s1. The van der Waals surface area contributed by atoms with Crippen LogP contribution in [-0.4, -0.2) is 67.7 Å². The van der Waals surface area contributed by atoms with Crippen LogP contribution < -0.4 is 21.8 Å².